The van der Waals surface area contributed by atoms with Crippen molar-refractivity contribution in [2.45, 2.75) is 37.5 Å². The molecule has 0 atom stereocenters. The van der Waals surface area contributed by atoms with Crippen molar-refractivity contribution in [1.29, 1.82) is 0 Å². The highest BCUT2D eigenvalue weighted by Gasteiger charge is 2.13. The smallest absolute Gasteiger partial charge is 0.178 e. The van der Waals surface area contributed by atoms with Gasteiger partial charge in [-0.05, 0) is 30.7 Å². The fourth-order valence-corrected chi connectivity index (χ4v) is 3.11. The van der Waals surface area contributed by atoms with E-state index in [1.165, 1.54) is 0 Å². The number of halogens is 1. The molecule has 0 bridgehead atoms. The van der Waals surface area contributed by atoms with Gasteiger partial charge in [-0.1, -0.05) is 42.1 Å². The van der Waals surface area contributed by atoms with Crippen LogP contribution in [0.1, 0.15) is 32.6 Å². The summed E-state index contributed by atoms with van der Waals surface area (Å²) in [5.41, 5.74) is 0. The molecule has 4 heteroatoms. The van der Waals surface area contributed by atoms with E-state index in [4.69, 9.17) is 0 Å². The maximum absolute atomic E-state index is 11.9. The lowest BCUT2D eigenvalue weighted by atomic mass is 10.2. The molecule has 0 amide bonds. The molecule has 0 saturated heterocycles. The van der Waals surface area contributed by atoms with Gasteiger partial charge in [-0.3, -0.25) is 0 Å². The van der Waals surface area contributed by atoms with E-state index in [1.807, 2.05) is 0 Å². The normalized spacial score (nSPS) is 11.6. The lowest BCUT2D eigenvalue weighted by Crippen LogP contribution is -2.06. The molecular weight excluding hydrogens is 288 g/mol. The fraction of sp³-hybridized carbons (Fsp3) is 0.500. The molecule has 0 aliphatic rings. The van der Waals surface area contributed by atoms with E-state index in [2.05, 4.69) is 22.9 Å². The Balaban J connectivity index is 2.60. The van der Waals surface area contributed by atoms with Crippen LogP contribution in [0.25, 0.3) is 0 Å². The number of hydrogen-bond acceptors (Lipinski definition) is 2. The minimum Gasteiger partial charge on any atom is -0.224 e. The quantitative estimate of drug-likeness (QED) is 0.749. The summed E-state index contributed by atoms with van der Waals surface area (Å²) in [6.45, 7) is 2.11. The van der Waals surface area contributed by atoms with Crippen molar-refractivity contribution in [1.82, 2.24) is 0 Å². The Morgan fingerprint density at radius 2 is 1.69 bits per heavy atom. The van der Waals surface area contributed by atoms with E-state index < -0.39 is 9.84 Å². The fourth-order valence-electron chi connectivity index (χ4n) is 1.48. The van der Waals surface area contributed by atoms with E-state index in [0.29, 0.717) is 4.90 Å². The summed E-state index contributed by atoms with van der Waals surface area (Å²) < 4.78 is 24.7. The number of sulfone groups is 1. The summed E-state index contributed by atoms with van der Waals surface area (Å²) in [5, 5.41) is 0. The first-order valence-electron chi connectivity index (χ1n) is 5.54. The number of rotatable bonds is 6. The molecule has 2 nitrogen and oxygen atoms in total. The lowest BCUT2D eigenvalue weighted by Gasteiger charge is -2.04. The Bertz CT molecular complexity index is 409. The first-order chi connectivity index (χ1) is 7.56. The molecule has 0 aromatic heterocycles. The average molecular weight is 305 g/mol. The van der Waals surface area contributed by atoms with E-state index in [1.54, 1.807) is 24.3 Å². The van der Waals surface area contributed by atoms with Gasteiger partial charge >= 0.3 is 0 Å². The second-order valence-electron chi connectivity index (χ2n) is 3.83. The van der Waals surface area contributed by atoms with Crippen molar-refractivity contribution in [3.63, 3.8) is 0 Å². The Morgan fingerprint density at radius 3 is 2.25 bits per heavy atom. The van der Waals surface area contributed by atoms with Crippen molar-refractivity contribution < 1.29 is 8.42 Å². The summed E-state index contributed by atoms with van der Waals surface area (Å²) in [6.07, 6.45) is 3.98. The van der Waals surface area contributed by atoms with Crippen LogP contribution in [0.5, 0.6) is 0 Å². The van der Waals surface area contributed by atoms with Crippen molar-refractivity contribution >= 4 is 25.8 Å². The van der Waals surface area contributed by atoms with Gasteiger partial charge in [0.25, 0.3) is 0 Å². The van der Waals surface area contributed by atoms with Crippen LogP contribution in [-0.2, 0) is 9.84 Å². The van der Waals surface area contributed by atoms with Crippen molar-refractivity contribution in [3.8, 4) is 0 Å². The number of hydrogen-bond donors (Lipinski definition) is 0. The van der Waals surface area contributed by atoms with Crippen LogP contribution in [0.4, 0.5) is 0 Å². The molecule has 0 radical (unpaired) electrons. The molecule has 0 heterocycles. The molecule has 0 fully saturated rings. The van der Waals surface area contributed by atoms with Gasteiger partial charge in [0, 0.05) is 4.47 Å². The summed E-state index contributed by atoms with van der Waals surface area (Å²) in [7, 11) is -3.08. The molecule has 0 N–H and O–H groups in total. The maximum Gasteiger partial charge on any atom is 0.178 e. The highest BCUT2D eigenvalue weighted by molar-refractivity contribution is 9.10. The Kier molecular flexibility index (Phi) is 5.49. The van der Waals surface area contributed by atoms with Gasteiger partial charge in [0.1, 0.15) is 0 Å². The van der Waals surface area contributed by atoms with Gasteiger partial charge in [-0.25, -0.2) is 8.42 Å². The summed E-state index contributed by atoms with van der Waals surface area (Å²) in [5.74, 6) is 0.259. The van der Waals surface area contributed by atoms with Gasteiger partial charge in [0.15, 0.2) is 9.84 Å². The molecule has 1 aromatic carbocycles. The van der Waals surface area contributed by atoms with Crippen molar-refractivity contribution in [2.24, 2.45) is 0 Å². The second-order valence-corrected chi connectivity index (χ2v) is 6.86. The molecule has 16 heavy (non-hydrogen) atoms. The minimum absolute atomic E-state index is 0.259. The summed E-state index contributed by atoms with van der Waals surface area (Å²) in [4.78, 5) is 0.423. The van der Waals surface area contributed by atoms with E-state index in [0.717, 1.165) is 30.2 Å². The third-order valence-corrected chi connectivity index (χ3v) is 4.78. The molecular formula is C12H17BrO2S. The third-order valence-electron chi connectivity index (χ3n) is 2.44. The maximum atomic E-state index is 11.9. The highest BCUT2D eigenvalue weighted by atomic mass is 79.9. The molecule has 0 aliphatic heterocycles. The standard InChI is InChI=1S/C12H17BrO2S/c1-2-3-4-5-10-16(14,15)12-8-6-11(13)7-9-12/h6-9H,2-5,10H2,1H3. The monoisotopic (exact) mass is 304 g/mol. The SMILES string of the molecule is CCCCCCS(=O)(=O)c1ccc(Br)cc1. The zero-order valence-corrected chi connectivity index (χ0v) is 11.9. The van der Waals surface area contributed by atoms with Crippen LogP contribution >= 0.6 is 15.9 Å². The van der Waals surface area contributed by atoms with Crippen LogP contribution in [-0.4, -0.2) is 14.2 Å². The van der Waals surface area contributed by atoms with Gasteiger partial charge in [0.05, 0.1) is 10.6 Å². The summed E-state index contributed by atoms with van der Waals surface area (Å²) in [6, 6.07) is 6.83. The molecule has 1 aromatic rings. The molecule has 0 saturated carbocycles. The van der Waals surface area contributed by atoms with Gasteiger partial charge in [-0.15, -0.1) is 0 Å². The van der Waals surface area contributed by atoms with Crippen molar-refractivity contribution in [3.05, 3.63) is 28.7 Å². The van der Waals surface area contributed by atoms with Crippen LogP contribution in [0.3, 0.4) is 0 Å². The van der Waals surface area contributed by atoms with Crippen LogP contribution in [0.15, 0.2) is 33.6 Å². The number of benzene rings is 1. The highest BCUT2D eigenvalue weighted by Crippen LogP contribution is 2.17. The molecule has 0 spiro atoms. The molecule has 1 rings (SSSR count). The largest absolute Gasteiger partial charge is 0.224 e. The Hall–Kier alpha value is -0.350. The molecule has 0 aliphatic carbocycles. The van der Waals surface area contributed by atoms with Crippen molar-refractivity contribution in [2.75, 3.05) is 5.75 Å². The zero-order valence-electron chi connectivity index (χ0n) is 9.45. The van der Waals surface area contributed by atoms with Gasteiger partial charge in [-0.2, -0.15) is 0 Å². The first kappa shape index (κ1) is 13.7. The molecule has 90 valence electrons. The molecule has 0 unspecified atom stereocenters. The topological polar surface area (TPSA) is 34.1 Å². The Labute approximate surface area is 106 Å². The summed E-state index contributed by atoms with van der Waals surface area (Å²) >= 11 is 3.29. The van der Waals surface area contributed by atoms with E-state index >= 15 is 0 Å². The lowest BCUT2D eigenvalue weighted by molar-refractivity contribution is 0.589. The van der Waals surface area contributed by atoms with Crippen LogP contribution in [0, 0.1) is 0 Å². The van der Waals surface area contributed by atoms with Crippen LogP contribution in [0.2, 0.25) is 0 Å². The minimum atomic E-state index is -3.08. The van der Waals surface area contributed by atoms with Gasteiger partial charge < -0.3 is 0 Å². The number of unbranched alkanes of at least 4 members (excludes halogenated alkanes) is 3. The third kappa shape index (κ3) is 4.26. The van der Waals surface area contributed by atoms with Gasteiger partial charge in [0.2, 0.25) is 0 Å². The predicted octanol–water partition coefficient (Wildman–Crippen LogP) is 3.80. The second kappa shape index (κ2) is 6.40. The predicted molar refractivity (Wildman–Crippen MR) is 70.3 cm³/mol. The van der Waals surface area contributed by atoms with E-state index in [-0.39, 0.29) is 5.75 Å². The van der Waals surface area contributed by atoms with E-state index in [9.17, 15) is 8.42 Å². The average Bonchev–Trinajstić information content (AvgIpc) is 2.25. The first-order valence-corrected chi connectivity index (χ1v) is 7.99. The van der Waals surface area contributed by atoms with Crippen LogP contribution < -0.4 is 0 Å². The zero-order chi connectivity index (χ0) is 12.0. The Morgan fingerprint density at radius 1 is 1.06 bits per heavy atom.